The van der Waals surface area contributed by atoms with E-state index in [-0.39, 0.29) is 12.0 Å². The van der Waals surface area contributed by atoms with Gasteiger partial charge in [0.15, 0.2) is 0 Å². The van der Waals surface area contributed by atoms with E-state index in [0.717, 1.165) is 42.2 Å². The summed E-state index contributed by atoms with van der Waals surface area (Å²) in [6, 6.07) is 5.15. The molecule has 1 aromatic heterocycles. The number of rotatable bonds is 5. The number of piperazine rings is 1. The Labute approximate surface area is 178 Å². The van der Waals surface area contributed by atoms with Crippen LogP contribution >= 0.6 is 0 Å². The highest BCUT2D eigenvalue weighted by molar-refractivity contribution is 5.59. The van der Waals surface area contributed by atoms with Crippen molar-refractivity contribution in [1.29, 1.82) is 0 Å². The number of benzene rings is 1. The Morgan fingerprint density at radius 3 is 2.26 bits per heavy atom. The zero-order valence-electron chi connectivity index (χ0n) is 17.1. The molecule has 1 aromatic carbocycles. The molecule has 0 spiro atoms. The molecule has 31 heavy (non-hydrogen) atoms. The SMILES string of the molecule is NC[C@H](c1ccc(C(F)(F)F)cc1)N1CCN(c2ncnc(N)c2C2CNNC2)CC1. The van der Waals surface area contributed by atoms with Crippen molar-refractivity contribution in [3.8, 4) is 0 Å². The molecule has 2 aliphatic heterocycles. The average molecular weight is 436 g/mol. The van der Waals surface area contributed by atoms with Crippen LogP contribution in [0.25, 0.3) is 0 Å². The molecule has 2 fully saturated rings. The summed E-state index contributed by atoms with van der Waals surface area (Å²) in [6.45, 7) is 4.71. The van der Waals surface area contributed by atoms with E-state index in [0.29, 0.717) is 38.5 Å². The van der Waals surface area contributed by atoms with Gasteiger partial charge in [0.2, 0.25) is 0 Å². The van der Waals surface area contributed by atoms with Gasteiger partial charge in [-0.05, 0) is 17.7 Å². The highest BCUT2D eigenvalue weighted by Crippen LogP contribution is 2.33. The van der Waals surface area contributed by atoms with Crippen molar-refractivity contribution in [2.45, 2.75) is 18.1 Å². The molecule has 0 bridgehead atoms. The van der Waals surface area contributed by atoms with Crippen LogP contribution < -0.4 is 27.2 Å². The highest BCUT2D eigenvalue weighted by Gasteiger charge is 2.32. The molecule has 168 valence electrons. The first kappa shape index (κ1) is 21.8. The summed E-state index contributed by atoms with van der Waals surface area (Å²) >= 11 is 0. The fraction of sp³-hybridized carbons (Fsp3) is 0.500. The maximum absolute atomic E-state index is 12.9. The number of hydrazine groups is 1. The number of hydrogen-bond donors (Lipinski definition) is 4. The largest absolute Gasteiger partial charge is 0.416 e. The van der Waals surface area contributed by atoms with Gasteiger partial charge in [0.05, 0.1) is 5.56 Å². The van der Waals surface area contributed by atoms with Crippen LogP contribution in [0.1, 0.15) is 28.7 Å². The van der Waals surface area contributed by atoms with Crippen molar-refractivity contribution >= 4 is 11.6 Å². The van der Waals surface area contributed by atoms with Crippen molar-refractivity contribution in [3.05, 3.63) is 47.3 Å². The van der Waals surface area contributed by atoms with E-state index in [1.54, 1.807) is 0 Å². The van der Waals surface area contributed by atoms with E-state index in [9.17, 15) is 13.2 Å². The second kappa shape index (κ2) is 8.95. The fourth-order valence-electron chi connectivity index (χ4n) is 4.35. The molecule has 0 amide bonds. The summed E-state index contributed by atoms with van der Waals surface area (Å²) in [5, 5.41) is 0. The number of nitrogens with zero attached hydrogens (tertiary/aromatic N) is 4. The van der Waals surface area contributed by atoms with Crippen LogP contribution in [0.4, 0.5) is 24.8 Å². The standard InChI is InChI=1S/C20H27F3N8/c21-20(22,23)15-3-1-13(2-4-15)16(9-24)30-5-7-31(8-6-30)19-17(14-10-28-29-11-14)18(25)26-12-27-19/h1-4,12,14,16,28-29H,5-11,24H2,(H2,25,26,27)/t16-/m1/s1. The Morgan fingerprint density at radius 1 is 1.03 bits per heavy atom. The Morgan fingerprint density at radius 2 is 1.68 bits per heavy atom. The molecule has 1 atom stereocenters. The molecule has 2 saturated heterocycles. The van der Waals surface area contributed by atoms with Gasteiger partial charge in [0.25, 0.3) is 0 Å². The quantitative estimate of drug-likeness (QED) is 0.552. The molecule has 8 nitrogen and oxygen atoms in total. The molecule has 0 aliphatic carbocycles. The third-order valence-electron chi connectivity index (χ3n) is 6.02. The molecule has 2 aromatic rings. The second-order valence-electron chi connectivity index (χ2n) is 7.85. The number of nitrogens with two attached hydrogens (primary N) is 2. The molecule has 6 N–H and O–H groups in total. The lowest BCUT2D eigenvalue weighted by Gasteiger charge is -2.40. The van der Waals surface area contributed by atoms with E-state index in [1.165, 1.54) is 18.5 Å². The van der Waals surface area contributed by atoms with Crippen LogP contribution in [0, 0.1) is 0 Å². The predicted molar refractivity (Wildman–Crippen MR) is 112 cm³/mol. The summed E-state index contributed by atoms with van der Waals surface area (Å²) in [7, 11) is 0. The van der Waals surface area contributed by atoms with E-state index >= 15 is 0 Å². The molecular formula is C20H27F3N8. The minimum Gasteiger partial charge on any atom is -0.383 e. The van der Waals surface area contributed by atoms with Gasteiger partial charge in [-0.15, -0.1) is 0 Å². The molecule has 0 saturated carbocycles. The summed E-state index contributed by atoms with van der Waals surface area (Å²) in [5.74, 6) is 1.53. The van der Waals surface area contributed by atoms with Crippen molar-refractivity contribution < 1.29 is 13.2 Å². The zero-order valence-corrected chi connectivity index (χ0v) is 17.1. The molecular weight excluding hydrogens is 409 g/mol. The van der Waals surface area contributed by atoms with Gasteiger partial charge in [0, 0.05) is 63.3 Å². The topological polar surface area (TPSA) is 108 Å². The van der Waals surface area contributed by atoms with Crippen LogP contribution in [0.5, 0.6) is 0 Å². The van der Waals surface area contributed by atoms with E-state index in [4.69, 9.17) is 11.5 Å². The fourth-order valence-corrected chi connectivity index (χ4v) is 4.35. The molecule has 11 heteroatoms. The van der Waals surface area contributed by atoms with Crippen LogP contribution in [0.3, 0.4) is 0 Å². The first-order valence-electron chi connectivity index (χ1n) is 10.3. The second-order valence-corrected chi connectivity index (χ2v) is 7.85. The molecule has 0 unspecified atom stereocenters. The van der Waals surface area contributed by atoms with Crippen LogP contribution in [-0.4, -0.2) is 60.7 Å². The lowest BCUT2D eigenvalue weighted by Crippen LogP contribution is -2.49. The van der Waals surface area contributed by atoms with Crippen LogP contribution in [0.2, 0.25) is 0 Å². The molecule has 3 heterocycles. The number of aromatic nitrogens is 2. The zero-order chi connectivity index (χ0) is 22.0. The third-order valence-corrected chi connectivity index (χ3v) is 6.02. The number of alkyl halides is 3. The van der Waals surface area contributed by atoms with Crippen molar-refractivity contribution in [2.75, 3.05) is 56.4 Å². The summed E-state index contributed by atoms with van der Waals surface area (Å²) < 4.78 is 38.6. The summed E-state index contributed by atoms with van der Waals surface area (Å²) in [6.07, 6.45) is -2.86. The van der Waals surface area contributed by atoms with Crippen LogP contribution in [-0.2, 0) is 6.18 Å². The maximum Gasteiger partial charge on any atom is 0.416 e. The minimum atomic E-state index is -4.34. The van der Waals surface area contributed by atoms with Gasteiger partial charge < -0.3 is 16.4 Å². The van der Waals surface area contributed by atoms with E-state index in [1.807, 2.05) is 0 Å². The molecule has 4 rings (SSSR count). The monoisotopic (exact) mass is 436 g/mol. The first-order valence-corrected chi connectivity index (χ1v) is 10.3. The van der Waals surface area contributed by atoms with Gasteiger partial charge >= 0.3 is 6.18 Å². The van der Waals surface area contributed by atoms with Gasteiger partial charge in [-0.25, -0.2) is 9.97 Å². The Balaban J connectivity index is 1.46. The van der Waals surface area contributed by atoms with Gasteiger partial charge in [-0.1, -0.05) is 12.1 Å². The van der Waals surface area contributed by atoms with Gasteiger partial charge in [0.1, 0.15) is 18.0 Å². The van der Waals surface area contributed by atoms with Crippen molar-refractivity contribution in [3.63, 3.8) is 0 Å². The number of nitrogen functional groups attached to an aromatic ring is 1. The number of hydrogen-bond acceptors (Lipinski definition) is 8. The lowest BCUT2D eigenvalue weighted by atomic mass is 10.00. The molecule has 0 radical (unpaired) electrons. The summed E-state index contributed by atoms with van der Waals surface area (Å²) in [4.78, 5) is 13.1. The van der Waals surface area contributed by atoms with Gasteiger partial charge in [-0.2, -0.15) is 13.2 Å². The predicted octanol–water partition coefficient (Wildman–Crippen LogP) is 1.09. The van der Waals surface area contributed by atoms with E-state index < -0.39 is 11.7 Å². The van der Waals surface area contributed by atoms with Gasteiger partial charge in [-0.3, -0.25) is 15.8 Å². The Bertz CT molecular complexity index is 875. The maximum atomic E-state index is 12.9. The number of halogens is 3. The van der Waals surface area contributed by atoms with Crippen molar-refractivity contribution in [2.24, 2.45) is 5.73 Å². The Hall–Kier alpha value is -2.47. The van der Waals surface area contributed by atoms with E-state index in [2.05, 4.69) is 30.6 Å². The Kier molecular flexibility index (Phi) is 6.28. The smallest absolute Gasteiger partial charge is 0.383 e. The minimum absolute atomic E-state index is 0.136. The average Bonchev–Trinajstić information content (AvgIpc) is 3.29. The third kappa shape index (κ3) is 4.59. The normalized spacial score (nSPS) is 19.7. The highest BCUT2D eigenvalue weighted by atomic mass is 19.4. The first-order chi connectivity index (χ1) is 14.9. The lowest BCUT2D eigenvalue weighted by molar-refractivity contribution is -0.137. The van der Waals surface area contributed by atoms with Crippen molar-refractivity contribution in [1.82, 2.24) is 25.7 Å². The molecule has 2 aliphatic rings. The number of nitrogens with one attached hydrogen (secondary N) is 2. The van der Waals surface area contributed by atoms with Crippen LogP contribution in [0.15, 0.2) is 30.6 Å². The number of anilines is 2. The summed E-state index contributed by atoms with van der Waals surface area (Å²) in [5.41, 5.74) is 19.5.